The van der Waals surface area contributed by atoms with Crippen LogP contribution in [0, 0.1) is 6.92 Å². The number of ketones is 1. The Kier molecular flexibility index (Phi) is 5.53. The number of Topliss-reactive ketones (excluding diaryl/α,β-unsaturated/α-hetero) is 1. The van der Waals surface area contributed by atoms with Crippen LogP contribution in [0.3, 0.4) is 0 Å². The first kappa shape index (κ1) is 17.5. The van der Waals surface area contributed by atoms with Crippen molar-refractivity contribution < 1.29 is 14.0 Å². The molecule has 0 bridgehead atoms. The van der Waals surface area contributed by atoms with Gasteiger partial charge < -0.3 is 9.73 Å². The number of nitrogens with one attached hydrogen (secondary N) is 1. The molecule has 0 unspecified atom stereocenters. The van der Waals surface area contributed by atoms with Crippen LogP contribution in [0.5, 0.6) is 0 Å². The third-order valence-electron chi connectivity index (χ3n) is 3.85. The molecule has 0 atom stereocenters. The third kappa shape index (κ3) is 4.63. The lowest BCUT2D eigenvalue weighted by molar-refractivity contribution is -0.128. The molecule has 6 heteroatoms. The van der Waals surface area contributed by atoms with E-state index in [0.717, 1.165) is 11.1 Å². The predicted octanol–water partition coefficient (Wildman–Crippen LogP) is 2.86. The number of amides is 1. The molecular weight excluding hydrogens is 330 g/mol. The number of pyridine rings is 1. The topological polar surface area (TPSA) is 85.1 Å². The Labute approximate surface area is 151 Å². The molecule has 26 heavy (non-hydrogen) atoms. The van der Waals surface area contributed by atoms with Gasteiger partial charge in [-0.25, -0.2) is 4.98 Å². The number of oxazole rings is 1. The van der Waals surface area contributed by atoms with Crippen molar-refractivity contribution in [3.8, 4) is 11.5 Å². The van der Waals surface area contributed by atoms with E-state index in [1.165, 1.54) is 0 Å². The van der Waals surface area contributed by atoms with Crippen molar-refractivity contribution in [3.63, 3.8) is 0 Å². The second-order valence-corrected chi connectivity index (χ2v) is 5.92. The minimum atomic E-state index is -0.316. The molecule has 0 saturated carbocycles. The fraction of sp³-hybridized carbons (Fsp3) is 0.200. The highest BCUT2D eigenvalue weighted by Crippen LogP contribution is 2.21. The number of hydrogen-bond acceptors (Lipinski definition) is 5. The molecule has 0 aliphatic carbocycles. The van der Waals surface area contributed by atoms with Crippen LogP contribution in [-0.2, 0) is 22.6 Å². The Bertz CT molecular complexity index is 889. The van der Waals surface area contributed by atoms with Crippen molar-refractivity contribution in [2.45, 2.75) is 26.3 Å². The number of rotatable bonds is 7. The van der Waals surface area contributed by atoms with Crippen molar-refractivity contribution in [1.82, 2.24) is 15.3 Å². The maximum absolute atomic E-state index is 12.2. The van der Waals surface area contributed by atoms with Crippen LogP contribution in [-0.4, -0.2) is 21.7 Å². The number of carbonyl (C=O) groups is 2. The van der Waals surface area contributed by atoms with E-state index in [2.05, 4.69) is 15.3 Å². The lowest BCUT2D eigenvalue weighted by Gasteiger charge is -2.04. The van der Waals surface area contributed by atoms with Crippen LogP contribution in [0.2, 0.25) is 0 Å². The fourth-order valence-corrected chi connectivity index (χ4v) is 2.49. The molecule has 0 fully saturated rings. The molecule has 0 radical (unpaired) electrons. The van der Waals surface area contributed by atoms with Gasteiger partial charge in [-0.05, 0) is 30.7 Å². The molecule has 1 aromatic carbocycles. The molecule has 0 spiro atoms. The van der Waals surface area contributed by atoms with Crippen LogP contribution >= 0.6 is 0 Å². The summed E-state index contributed by atoms with van der Waals surface area (Å²) in [4.78, 5) is 32.5. The van der Waals surface area contributed by atoms with Gasteiger partial charge in [-0.15, -0.1) is 0 Å². The smallest absolute Gasteiger partial charge is 0.227 e. The number of hydrogen-bond donors (Lipinski definition) is 1. The molecule has 3 rings (SSSR count). The van der Waals surface area contributed by atoms with E-state index in [0.29, 0.717) is 23.9 Å². The van der Waals surface area contributed by atoms with Gasteiger partial charge in [0.25, 0.3) is 0 Å². The predicted molar refractivity (Wildman–Crippen MR) is 96.1 cm³/mol. The Morgan fingerprint density at radius 1 is 1.12 bits per heavy atom. The minimum Gasteiger partial charge on any atom is -0.441 e. The Morgan fingerprint density at radius 2 is 1.92 bits per heavy atom. The average Bonchev–Trinajstić information content (AvgIpc) is 3.02. The van der Waals surface area contributed by atoms with Crippen molar-refractivity contribution in [1.29, 1.82) is 0 Å². The van der Waals surface area contributed by atoms with Gasteiger partial charge in [0.1, 0.15) is 11.5 Å². The monoisotopic (exact) mass is 349 g/mol. The summed E-state index contributed by atoms with van der Waals surface area (Å²) >= 11 is 0. The van der Waals surface area contributed by atoms with Crippen molar-refractivity contribution in [2.75, 3.05) is 0 Å². The largest absolute Gasteiger partial charge is 0.441 e. The quantitative estimate of drug-likeness (QED) is 0.663. The molecule has 132 valence electrons. The zero-order valence-electron chi connectivity index (χ0n) is 14.4. The second kappa shape index (κ2) is 8.20. The van der Waals surface area contributed by atoms with E-state index in [1.807, 2.05) is 36.4 Å². The van der Waals surface area contributed by atoms with Gasteiger partial charge in [-0.2, -0.15) is 0 Å². The standard InChI is InChI=1S/C20H19N3O3/c1-14-18(23-20(26-14)16-7-3-2-4-8-16)10-17(24)11-19(25)22-13-15-6-5-9-21-12-15/h2-9,12H,10-11,13H2,1H3,(H,22,25). The summed E-state index contributed by atoms with van der Waals surface area (Å²) in [5.41, 5.74) is 2.30. The van der Waals surface area contributed by atoms with Gasteiger partial charge in [0.15, 0.2) is 0 Å². The molecule has 0 saturated heterocycles. The highest BCUT2D eigenvalue weighted by Gasteiger charge is 2.16. The van der Waals surface area contributed by atoms with Gasteiger partial charge in [0.05, 0.1) is 18.5 Å². The lowest BCUT2D eigenvalue weighted by Crippen LogP contribution is -2.26. The van der Waals surface area contributed by atoms with E-state index in [9.17, 15) is 9.59 Å². The number of aromatic nitrogens is 2. The summed E-state index contributed by atoms with van der Waals surface area (Å²) in [7, 11) is 0. The molecule has 0 aliphatic rings. The summed E-state index contributed by atoms with van der Waals surface area (Å²) < 4.78 is 5.64. The number of nitrogens with zero attached hydrogens (tertiary/aromatic N) is 2. The van der Waals surface area contributed by atoms with E-state index in [1.54, 1.807) is 25.4 Å². The molecule has 2 aromatic heterocycles. The SMILES string of the molecule is Cc1oc(-c2ccccc2)nc1CC(=O)CC(=O)NCc1cccnc1. The number of aryl methyl sites for hydroxylation is 1. The first-order valence-corrected chi connectivity index (χ1v) is 8.31. The minimum absolute atomic E-state index is 0.0719. The van der Waals surface area contributed by atoms with E-state index in [-0.39, 0.29) is 24.5 Å². The van der Waals surface area contributed by atoms with E-state index in [4.69, 9.17) is 4.42 Å². The molecule has 0 aliphatic heterocycles. The summed E-state index contributed by atoms with van der Waals surface area (Å²) in [6.07, 6.45) is 3.22. The van der Waals surface area contributed by atoms with Crippen LogP contribution in [0.15, 0.2) is 59.3 Å². The fourth-order valence-electron chi connectivity index (χ4n) is 2.49. The van der Waals surface area contributed by atoms with Crippen LogP contribution < -0.4 is 5.32 Å². The molecular formula is C20H19N3O3. The molecule has 1 N–H and O–H groups in total. The maximum Gasteiger partial charge on any atom is 0.227 e. The van der Waals surface area contributed by atoms with Gasteiger partial charge in [0.2, 0.25) is 11.8 Å². The van der Waals surface area contributed by atoms with Crippen LogP contribution in [0.4, 0.5) is 0 Å². The van der Waals surface area contributed by atoms with Crippen molar-refractivity contribution in [2.24, 2.45) is 0 Å². The van der Waals surface area contributed by atoms with Gasteiger partial charge in [-0.3, -0.25) is 14.6 Å². The van der Waals surface area contributed by atoms with Gasteiger partial charge >= 0.3 is 0 Å². The maximum atomic E-state index is 12.2. The third-order valence-corrected chi connectivity index (χ3v) is 3.85. The van der Waals surface area contributed by atoms with Crippen molar-refractivity contribution >= 4 is 11.7 Å². The zero-order valence-corrected chi connectivity index (χ0v) is 14.4. The van der Waals surface area contributed by atoms with E-state index < -0.39 is 0 Å². The average molecular weight is 349 g/mol. The van der Waals surface area contributed by atoms with Crippen LogP contribution in [0.25, 0.3) is 11.5 Å². The van der Waals surface area contributed by atoms with Gasteiger partial charge in [-0.1, -0.05) is 24.3 Å². The summed E-state index contributed by atoms with van der Waals surface area (Å²) in [5.74, 6) is 0.549. The normalized spacial score (nSPS) is 10.5. The summed E-state index contributed by atoms with van der Waals surface area (Å²) in [6, 6.07) is 13.1. The Morgan fingerprint density at radius 3 is 2.65 bits per heavy atom. The Hall–Kier alpha value is -3.28. The number of carbonyl (C=O) groups excluding carboxylic acids is 2. The molecule has 2 heterocycles. The Balaban J connectivity index is 1.55. The summed E-state index contributed by atoms with van der Waals surface area (Å²) in [6.45, 7) is 2.12. The highest BCUT2D eigenvalue weighted by molar-refractivity contribution is 5.98. The first-order valence-electron chi connectivity index (χ1n) is 8.31. The van der Waals surface area contributed by atoms with Crippen molar-refractivity contribution in [3.05, 3.63) is 71.9 Å². The molecule has 1 amide bonds. The molecule has 6 nitrogen and oxygen atoms in total. The highest BCUT2D eigenvalue weighted by atomic mass is 16.4. The number of benzene rings is 1. The second-order valence-electron chi connectivity index (χ2n) is 5.92. The van der Waals surface area contributed by atoms with Gasteiger partial charge in [0, 0.05) is 24.5 Å². The molecule has 3 aromatic rings. The van der Waals surface area contributed by atoms with E-state index >= 15 is 0 Å². The first-order chi connectivity index (χ1) is 12.6. The summed E-state index contributed by atoms with van der Waals surface area (Å²) in [5, 5.41) is 2.72. The van der Waals surface area contributed by atoms with Crippen LogP contribution in [0.1, 0.15) is 23.4 Å². The lowest BCUT2D eigenvalue weighted by atomic mass is 10.1. The zero-order chi connectivity index (χ0) is 18.4.